The van der Waals surface area contributed by atoms with Gasteiger partial charge in [0.1, 0.15) is 0 Å². The van der Waals surface area contributed by atoms with E-state index in [-0.39, 0.29) is 5.28 Å². The van der Waals surface area contributed by atoms with Gasteiger partial charge in [-0.25, -0.2) is 4.68 Å². The molecule has 0 aromatic carbocycles. The number of hydrogen-bond donors (Lipinski definition) is 1. The molecule has 0 aliphatic carbocycles. The van der Waals surface area contributed by atoms with Gasteiger partial charge in [-0.3, -0.25) is 0 Å². The number of halogens is 1. The van der Waals surface area contributed by atoms with Crippen LogP contribution in [-0.2, 0) is 0 Å². The van der Waals surface area contributed by atoms with Crippen LogP contribution < -0.4 is 5.32 Å². The normalized spacial score (nSPS) is 10.5. The molecule has 0 amide bonds. The summed E-state index contributed by atoms with van der Waals surface area (Å²) < 4.78 is 1.54. The number of aromatic nitrogens is 5. The van der Waals surface area contributed by atoms with E-state index in [1.54, 1.807) is 23.1 Å². The third-order valence-electron chi connectivity index (χ3n) is 2.12. The van der Waals surface area contributed by atoms with Crippen LogP contribution in [0.3, 0.4) is 0 Å². The van der Waals surface area contributed by atoms with Crippen molar-refractivity contribution in [2.45, 2.75) is 19.8 Å². The molecule has 0 radical (unpaired) electrons. The molecule has 0 unspecified atom stereocenters. The fourth-order valence-electron chi connectivity index (χ4n) is 1.29. The van der Waals surface area contributed by atoms with Crippen LogP contribution in [0.2, 0.25) is 5.28 Å². The maximum Gasteiger partial charge on any atom is 0.256 e. The zero-order valence-electron chi connectivity index (χ0n) is 9.47. The first kappa shape index (κ1) is 11.8. The van der Waals surface area contributed by atoms with E-state index in [1.807, 2.05) is 0 Å². The van der Waals surface area contributed by atoms with Crippen molar-refractivity contribution in [3.63, 3.8) is 0 Å². The molecule has 0 aliphatic heterocycles. The van der Waals surface area contributed by atoms with Gasteiger partial charge < -0.3 is 5.32 Å². The third-order valence-corrected chi connectivity index (χ3v) is 2.29. The van der Waals surface area contributed by atoms with Crippen LogP contribution in [0, 0.1) is 0 Å². The summed E-state index contributed by atoms with van der Waals surface area (Å²) in [5.74, 6) is 0.887. The minimum atomic E-state index is 0.157. The van der Waals surface area contributed by atoms with Gasteiger partial charge in [-0.2, -0.15) is 20.1 Å². The maximum atomic E-state index is 5.84. The van der Waals surface area contributed by atoms with Crippen molar-refractivity contribution in [3.8, 4) is 5.95 Å². The monoisotopic (exact) mass is 252 g/mol. The molecule has 0 aliphatic rings. The van der Waals surface area contributed by atoms with E-state index in [0.29, 0.717) is 11.9 Å². The Bertz CT molecular complexity index is 470. The fraction of sp³-hybridized carbons (Fsp3) is 0.400. The van der Waals surface area contributed by atoms with Gasteiger partial charge in [-0.15, -0.1) is 0 Å². The summed E-state index contributed by atoms with van der Waals surface area (Å²) in [4.78, 5) is 12.2. The van der Waals surface area contributed by atoms with Crippen molar-refractivity contribution in [2.24, 2.45) is 0 Å². The minimum Gasteiger partial charge on any atom is -0.354 e. The zero-order valence-corrected chi connectivity index (χ0v) is 10.2. The Morgan fingerprint density at radius 3 is 2.94 bits per heavy atom. The Labute approximate surface area is 104 Å². The van der Waals surface area contributed by atoms with Crippen LogP contribution in [-0.4, -0.2) is 31.3 Å². The van der Waals surface area contributed by atoms with Crippen molar-refractivity contribution >= 4 is 17.5 Å². The van der Waals surface area contributed by atoms with Crippen LogP contribution in [0.15, 0.2) is 18.5 Å². The van der Waals surface area contributed by atoms with Gasteiger partial charge in [-0.05, 0) is 24.1 Å². The van der Waals surface area contributed by atoms with Crippen molar-refractivity contribution in [1.29, 1.82) is 0 Å². The van der Waals surface area contributed by atoms with Gasteiger partial charge in [0.05, 0.1) is 0 Å². The lowest BCUT2D eigenvalue weighted by Crippen LogP contribution is -2.10. The Hall–Kier alpha value is -1.69. The number of anilines is 1. The van der Waals surface area contributed by atoms with E-state index in [4.69, 9.17) is 11.6 Å². The number of nitrogens with one attached hydrogen (secondary N) is 1. The largest absolute Gasteiger partial charge is 0.354 e. The molecule has 1 N–H and O–H groups in total. The maximum absolute atomic E-state index is 5.84. The molecule has 90 valence electrons. The van der Waals surface area contributed by atoms with E-state index >= 15 is 0 Å². The summed E-state index contributed by atoms with van der Waals surface area (Å²) in [6.07, 6.45) is 5.57. The molecule has 0 atom stereocenters. The average Bonchev–Trinajstić information content (AvgIpc) is 2.82. The first-order valence-corrected chi connectivity index (χ1v) is 5.83. The number of rotatable bonds is 5. The van der Waals surface area contributed by atoms with Gasteiger partial charge in [-0.1, -0.05) is 13.3 Å². The van der Waals surface area contributed by atoms with Gasteiger partial charge in [0, 0.05) is 18.9 Å². The molecule has 2 aromatic heterocycles. The highest BCUT2D eigenvalue weighted by Gasteiger charge is 2.06. The quantitative estimate of drug-likeness (QED) is 0.824. The van der Waals surface area contributed by atoms with E-state index in [9.17, 15) is 0 Å². The van der Waals surface area contributed by atoms with Crippen LogP contribution >= 0.6 is 11.6 Å². The molecule has 6 nitrogen and oxygen atoms in total. The van der Waals surface area contributed by atoms with E-state index in [2.05, 4.69) is 32.3 Å². The second-order valence-corrected chi connectivity index (χ2v) is 3.80. The second-order valence-electron chi connectivity index (χ2n) is 3.46. The molecule has 0 spiro atoms. The highest BCUT2D eigenvalue weighted by molar-refractivity contribution is 6.28. The molecule has 2 aromatic rings. The Balaban J connectivity index is 2.18. The van der Waals surface area contributed by atoms with Gasteiger partial charge >= 0.3 is 0 Å². The summed E-state index contributed by atoms with van der Waals surface area (Å²) >= 11 is 5.84. The van der Waals surface area contributed by atoms with Crippen LogP contribution in [0.5, 0.6) is 0 Å². The molecule has 0 saturated heterocycles. The second kappa shape index (κ2) is 5.58. The van der Waals surface area contributed by atoms with Crippen LogP contribution in [0.1, 0.15) is 19.8 Å². The Morgan fingerprint density at radius 2 is 2.24 bits per heavy atom. The lowest BCUT2D eigenvalue weighted by Gasteiger charge is -2.05. The molecular formula is C10H13ClN6. The fourth-order valence-corrected chi connectivity index (χ4v) is 1.44. The summed E-state index contributed by atoms with van der Waals surface area (Å²) in [6, 6.07) is 1.79. The van der Waals surface area contributed by atoms with Crippen molar-refractivity contribution in [1.82, 2.24) is 24.7 Å². The third kappa shape index (κ3) is 3.13. The lowest BCUT2D eigenvalue weighted by atomic mass is 10.3. The minimum absolute atomic E-state index is 0.157. The molecule has 0 bridgehead atoms. The standard InChI is InChI=1S/C10H13ClN6/c1-2-3-5-12-9-14-8(11)15-10(16-9)17-7-4-6-13-17/h4,6-7H,2-3,5H2,1H3,(H,12,14,15,16). The smallest absolute Gasteiger partial charge is 0.256 e. The predicted molar refractivity (Wildman–Crippen MR) is 65.4 cm³/mol. The van der Waals surface area contributed by atoms with Crippen LogP contribution in [0.4, 0.5) is 5.95 Å². The molecular weight excluding hydrogens is 240 g/mol. The van der Waals surface area contributed by atoms with E-state index < -0.39 is 0 Å². The number of unbranched alkanes of at least 4 members (excludes halogenated alkanes) is 1. The first-order valence-electron chi connectivity index (χ1n) is 5.45. The van der Waals surface area contributed by atoms with E-state index in [0.717, 1.165) is 19.4 Å². The Morgan fingerprint density at radius 1 is 1.35 bits per heavy atom. The van der Waals surface area contributed by atoms with Crippen molar-refractivity contribution in [3.05, 3.63) is 23.7 Å². The lowest BCUT2D eigenvalue weighted by molar-refractivity contribution is 0.785. The molecule has 17 heavy (non-hydrogen) atoms. The van der Waals surface area contributed by atoms with Crippen molar-refractivity contribution in [2.75, 3.05) is 11.9 Å². The predicted octanol–water partition coefficient (Wildman–Crippen LogP) is 1.92. The topological polar surface area (TPSA) is 68.5 Å². The van der Waals surface area contributed by atoms with Gasteiger partial charge in [0.15, 0.2) is 0 Å². The average molecular weight is 253 g/mol. The number of hydrogen-bond acceptors (Lipinski definition) is 5. The molecule has 0 fully saturated rings. The Kier molecular flexibility index (Phi) is 3.87. The number of nitrogens with zero attached hydrogens (tertiary/aromatic N) is 5. The SMILES string of the molecule is CCCCNc1nc(Cl)nc(-n2cccn2)n1. The summed E-state index contributed by atoms with van der Waals surface area (Å²) in [5.41, 5.74) is 0. The summed E-state index contributed by atoms with van der Waals surface area (Å²) in [6.45, 7) is 2.94. The summed E-state index contributed by atoms with van der Waals surface area (Å²) in [5, 5.41) is 7.30. The highest BCUT2D eigenvalue weighted by atomic mass is 35.5. The zero-order chi connectivity index (χ0) is 12.1. The first-order chi connectivity index (χ1) is 8.29. The van der Waals surface area contributed by atoms with Crippen molar-refractivity contribution < 1.29 is 0 Å². The van der Waals surface area contributed by atoms with Gasteiger partial charge in [0.25, 0.3) is 5.95 Å². The summed E-state index contributed by atoms with van der Waals surface area (Å²) in [7, 11) is 0. The molecule has 2 heterocycles. The molecule has 7 heteroatoms. The van der Waals surface area contributed by atoms with Crippen LogP contribution in [0.25, 0.3) is 5.95 Å². The van der Waals surface area contributed by atoms with E-state index in [1.165, 1.54) is 0 Å². The van der Waals surface area contributed by atoms with Gasteiger partial charge in [0.2, 0.25) is 11.2 Å². The highest BCUT2D eigenvalue weighted by Crippen LogP contribution is 2.08. The molecule has 2 rings (SSSR count). The molecule has 0 saturated carbocycles.